The lowest BCUT2D eigenvalue weighted by Crippen LogP contribution is -2.44. The number of hydrogen-bond donors (Lipinski definition) is 3. The zero-order valence-corrected chi connectivity index (χ0v) is 21.4. The number of anilines is 5. The molecule has 1 aliphatic carbocycles. The number of aromatic nitrogens is 2. The lowest BCUT2D eigenvalue weighted by Gasteiger charge is -2.35. The summed E-state index contributed by atoms with van der Waals surface area (Å²) in [4.78, 5) is 25.5. The van der Waals surface area contributed by atoms with Crippen LogP contribution in [0.15, 0.2) is 73.1 Å². The van der Waals surface area contributed by atoms with Crippen molar-refractivity contribution in [1.29, 1.82) is 0 Å². The standard InChI is InChI=1S/C28H30ClN7O/c1-35-13-15-36(16-14-35)24-12-9-21(17-23(24)34-27-25(30)26(29)31-18-32-27)19-7-10-22(11-8-19)33-28(37)20-5-3-2-4-6-20/h2-5,7-12,17-18,20H,6,13-16,30H2,1H3,(H,33,37)(H,31,32,34). The van der Waals surface area contributed by atoms with Crippen LogP contribution in [0.5, 0.6) is 0 Å². The first kappa shape index (κ1) is 24.8. The number of hydrogen-bond acceptors (Lipinski definition) is 7. The van der Waals surface area contributed by atoms with Gasteiger partial charge in [0.25, 0.3) is 0 Å². The minimum Gasteiger partial charge on any atom is -0.393 e. The van der Waals surface area contributed by atoms with Crippen molar-refractivity contribution >= 4 is 46.1 Å². The summed E-state index contributed by atoms with van der Waals surface area (Å²) in [6, 6.07) is 14.2. The minimum absolute atomic E-state index is 0.00235. The van der Waals surface area contributed by atoms with Gasteiger partial charge in [-0.1, -0.05) is 54.1 Å². The summed E-state index contributed by atoms with van der Waals surface area (Å²) >= 11 is 6.14. The van der Waals surface area contributed by atoms with E-state index >= 15 is 0 Å². The first-order chi connectivity index (χ1) is 18.0. The summed E-state index contributed by atoms with van der Waals surface area (Å²) in [6.45, 7) is 3.82. The number of carbonyl (C=O) groups excluding carboxylic acids is 1. The molecule has 2 heterocycles. The topological polar surface area (TPSA) is 99.4 Å². The number of benzene rings is 2. The molecule has 4 N–H and O–H groups in total. The number of nitrogens with one attached hydrogen (secondary N) is 2. The molecule has 2 aliphatic rings. The third kappa shape index (κ3) is 5.76. The summed E-state index contributed by atoms with van der Waals surface area (Å²) in [6.07, 6.45) is 9.93. The molecule has 0 radical (unpaired) electrons. The average molecular weight is 516 g/mol. The quantitative estimate of drug-likeness (QED) is 0.399. The Morgan fingerprint density at radius 3 is 2.51 bits per heavy atom. The van der Waals surface area contributed by atoms with Crippen LogP contribution in [-0.2, 0) is 4.79 Å². The van der Waals surface area contributed by atoms with Crippen LogP contribution in [0.2, 0.25) is 5.15 Å². The van der Waals surface area contributed by atoms with E-state index in [1.807, 2.05) is 48.6 Å². The zero-order chi connectivity index (χ0) is 25.8. The second-order valence-corrected chi connectivity index (χ2v) is 9.65. The highest BCUT2D eigenvalue weighted by Crippen LogP contribution is 2.36. The molecule has 1 fully saturated rings. The van der Waals surface area contributed by atoms with Gasteiger partial charge in [0.2, 0.25) is 5.91 Å². The number of rotatable bonds is 6. The van der Waals surface area contributed by atoms with E-state index in [1.54, 1.807) is 0 Å². The normalized spacial score (nSPS) is 17.6. The van der Waals surface area contributed by atoms with Crippen LogP contribution in [-0.4, -0.2) is 54.0 Å². The molecular weight excluding hydrogens is 486 g/mol. The van der Waals surface area contributed by atoms with Gasteiger partial charge in [-0.25, -0.2) is 9.97 Å². The van der Waals surface area contributed by atoms with Gasteiger partial charge in [0.1, 0.15) is 12.0 Å². The van der Waals surface area contributed by atoms with Crippen molar-refractivity contribution in [3.63, 3.8) is 0 Å². The van der Waals surface area contributed by atoms with E-state index in [-0.39, 0.29) is 17.0 Å². The largest absolute Gasteiger partial charge is 0.393 e. The first-order valence-electron chi connectivity index (χ1n) is 12.3. The summed E-state index contributed by atoms with van der Waals surface area (Å²) in [7, 11) is 2.14. The van der Waals surface area contributed by atoms with Crippen LogP contribution >= 0.6 is 11.6 Å². The number of nitrogen functional groups attached to an aromatic ring is 1. The molecule has 8 nitrogen and oxygen atoms in total. The molecule has 37 heavy (non-hydrogen) atoms. The Hall–Kier alpha value is -3.88. The van der Waals surface area contributed by atoms with Crippen LogP contribution in [0, 0.1) is 5.92 Å². The van der Waals surface area contributed by atoms with Crippen molar-refractivity contribution in [2.45, 2.75) is 6.42 Å². The summed E-state index contributed by atoms with van der Waals surface area (Å²) < 4.78 is 0. The smallest absolute Gasteiger partial charge is 0.231 e. The Bertz CT molecular complexity index is 1330. The second-order valence-electron chi connectivity index (χ2n) is 9.30. The van der Waals surface area contributed by atoms with Gasteiger partial charge < -0.3 is 26.2 Å². The molecule has 1 aromatic heterocycles. The van der Waals surface area contributed by atoms with Crippen molar-refractivity contribution in [3.05, 3.63) is 78.2 Å². The van der Waals surface area contributed by atoms with Crippen LogP contribution < -0.4 is 21.3 Å². The lowest BCUT2D eigenvalue weighted by atomic mass is 9.99. The third-order valence-electron chi connectivity index (χ3n) is 6.73. The molecule has 1 saturated heterocycles. The summed E-state index contributed by atoms with van der Waals surface area (Å²) in [5.41, 5.74) is 11.2. The predicted octanol–water partition coefficient (Wildman–Crippen LogP) is 4.95. The van der Waals surface area contributed by atoms with Gasteiger partial charge in [0.05, 0.1) is 17.3 Å². The van der Waals surface area contributed by atoms with E-state index in [9.17, 15) is 4.79 Å². The lowest BCUT2D eigenvalue weighted by molar-refractivity contribution is -0.118. The Balaban J connectivity index is 1.40. The monoisotopic (exact) mass is 515 g/mol. The van der Waals surface area contributed by atoms with Gasteiger partial charge in [-0.3, -0.25) is 4.79 Å². The SMILES string of the molecule is CN1CCN(c2ccc(-c3ccc(NC(=O)C4C=CC=CC4)cc3)cc2Nc2ncnc(Cl)c2N)CC1. The third-order valence-corrected chi connectivity index (χ3v) is 7.03. The molecule has 1 aliphatic heterocycles. The van der Waals surface area contributed by atoms with E-state index < -0.39 is 0 Å². The number of carbonyl (C=O) groups is 1. The Kier molecular flexibility index (Phi) is 7.39. The van der Waals surface area contributed by atoms with E-state index in [0.717, 1.165) is 60.8 Å². The van der Waals surface area contributed by atoms with Crippen molar-refractivity contribution in [3.8, 4) is 11.1 Å². The highest BCUT2D eigenvalue weighted by atomic mass is 35.5. The fraction of sp³-hybridized carbons (Fsp3) is 0.250. The van der Waals surface area contributed by atoms with Crippen LogP contribution in [0.1, 0.15) is 6.42 Å². The van der Waals surface area contributed by atoms with Gasteiger partial charge in [-0.15, -0.1) is 0 Å². The second kappa shape index (κ2) is 11.0. The molecule has 1 atom stereocenters. The van der Waals surface area contributed by atoms with E-state index in [0.29, 0.717) is 11.5 Å². The highest BCUT2D eigenvalue weighted by molar-refractivity contribution is 6.32. The van der Waals surface area contributed by atoms with Crippen molar-refractivity contribution < 1.29 is 4.79 Å². The fourth-order valence-corrected chi connectivity index (χ4v) is 4.63. The van der Waals surface area contributed by atoms with E-state index in [4.69, 9.17) is 17.3 Å². The number of nitrogens with zero attached hydrogens (tertiary/aromatic N) is 4. The molecule has 1 unspecified atom stereocenters. The van der Waals surface area contributed by atoms with Crippen LogP contribution in [0.3, 0.4) is 0 Å². The maximum Gasteiger partial charge on any atom is 0.231 e. The van der Waals surface area contributed by atoms with Crippen LogP contribution in [0.4, 0.5) is 28.6 Å². The zero-order valence-electron chi connectivity index (χ0n) is 20.7. The Morgan fingerprint density at radius 1 is 1.03 bits per heavy atom. The van der Waals surface area contributed by atoms with Gasteiger partial charge in [0.15, 0.2) is 11.0 Å². The maximum atomic E-state index is 12.6. The van der Waals surface area contributed by atoms with Gasteiger partial charge in [-0.05, 0) is 48.9 Å². The fourth-order valence-electron chi connectivity index (χ4n) is 4.50. The number of piperazine rings is 1. The number of allylic oxidation sites excluding steroid dienone is 3. The first-order valence-corrected chi connectivity index (χ1v) is 12.7. The van der Waals surface area contributed by atoms with E-state index in [2.05, 4.69) is 55.6 Å². The molecule has 2 aromatic carbocycles. The molecule has 5 rings (SSSR count). The molecule has 0 bridgehead atoms. The minimum atomic E-state index is -0.136. The van der Waals surface area contributed by atoms with Crippen molar-refractivity contribution in [2.24, 2.45) is 5.92 Å². The molecule has 9 heteroatoms. The average Bonchev–Trinajstić information content (AvgIpc) is 2.93. The van der Waals surface area contributed by atoms with Gasteiger partial charge in [-0.2, -0.15) is 0 Å². The van der Waals surface area contributed by atoms with E-state index in [1.165, 1.54) is 6.33 Å². The highest BCUT2D eigenvalue weighted by Gasteiger charge is 2.19. The molecule has 1 amide bonds. The van der Waals surface area contributed by atoms with Gasteiger partial charge in [0, 0.05) is 31.9 Å². The van der Waals surface area contributed by atoms with Crippen molar-refractivity contribution in [1.82, 2.24) is 14.9 Å². The molecule has 0 spiro atoms. The Labute approximate surface area is 221 Å². The molecule has 190 valence electrons. The summed E-state index contributed by atoms with van der Waals surface area (Å²) in [5, 5.41) is 6.62. The summed E-state index contributed by atoms with van der Waals surface area (Å²) in [5.74, 6) is 0.331. The predicted molar refractivity (Wildman–Crippen MR) is 151 cm³/mol. The van der Waals surface area contributed by atoms with Crippen LogP contribution in [0.25, 0.3) is 11.1 Å². The Morgan fingerprint density at radius 2 is 1.78 bits per heavy atom. The van der Waals surface area contributed by atoms with Crippen molar-refractivity contribution in [2.75, 3.05) is 54.5 Å². The maximum absolute atomic E-state index is 12.6. The molecule has 3 aromatic rings. The number of likely N-dealkylation sites (N-methyl/N-ethyl adjacent to an activating group) is 1. The molecule has 0 saturated carbocycles. The van der Waals surface area contributed by atoms with Gasteiger partial charge >= 0.3 is 0 Å². The number of nitrogens with two attached hydrogens (primary N) is 1. The number of halogens is 1. The molecular formula is C28H30ClN7O. The number of amides is 1.